The van der Waals surface area contributed by atoms with Gasteiger partial charge in [-0.05, 0) is 55.4 Å². The zero-order valence-electron chi connectivity index (χ0n) is 11.7. The number of hydrogen-bond acceptors (Lipinski definition) is 4. The van der Waals surface area contributed by atoms with Gasteiger partial charge in [-0.3, -0.25) is 11.3 Å². The van der Waals surface area contributed by atoms with Gasteiger partial charge in [0.05, 0.1) is 17.5 Å². The van der Waals surface area contributed by atoms with Gasteiger partial charge in [0.2, 0.25) is 0 Å². The van der Waals surface area contributed by atoms with Crippen LogP contribution in [0.3, 0.4) is 0 Å². The third-order valence-electron chi connectivity index (χ3n) is 4.14. The fraction of sp³-hybridized carbons (Fsp3) is 0.571. The van der Waals surface area contributed by atoms with E-state index < -0.39 is 9.84 Å². The third-order valence-corrected chi connectivity index (χ3v) is 5.93. The van der Waals surface area contributed by atoms with E-state index in [-0.39, 0.29) is 23.5 Å². The largest absolute Gasteiger partial charge is 0.271 e. The van der Waals surface area contributed by atoms with Gasteiger partial charge in [-0.25, -0.2) is 8.42 Å². The summed E-state index contributed by atoms with van der Waals surface area (Å²) in [6, 6.07) is 4.18. The Kier molecular flexibility index (Phi) is 3.99. The number of nitrogens with one attached hydrogen (secondary N) is 1. The molecule has 1 heterocycles. The first-order valence-corrected chi connectivity index (χ1v) is 8.40. The van der Waals surface area contributed by atoms with Crippen molar-refractivity contribution in [3.8, 4) is 0 Å². The summed E-state index contributed by atoms with van der Waals surface area (Å²) in [6.07, 6.45) is 0.684. The molecule has 1 aromatic carbocycles. The van der Waals surface area contributed by atoms with Crippen LogP contribution in [0.5, 0.6) is 0 Å². The lowest BCUT2D eigenvalue weighted by Crippen LogP contribution is -2.34. The molecule has 0 bridgehead atoms. The van der Waals surface area contributed by atoms with Crippen molar-refractivity contribution in [3.05, 3.63) is 34.4 Å². The second-order valence-electron chi connectivity index (χ2n) is 5.60. The molecule has 0 aromatic heterocycles. The van der Waals surface area contributed by atoms with Crippen LogP contribution in [0.1, 0.15) is 34.7 Å². The van der Waals surface area contributed by atoms with Crippen molar-refractivity contribution in [2.45, 2.75) is 33.2 Å². The van der Waals surface area contributed by atoms with Gasteiger partial charge in [0.25, 0.3) is 0 Å². The zero-order valence-corrected chi connectivity index (χ0v) is 12.5. The summed E-state index contributed by atoms with van der Waals surface area (Å²) in [5, 5.41) is 0. The highest BCUT2D eigenvalue weighted by molar-refractivity contribution is 7.91. The minimum Gasteiger partial charge on any atom is -0.271 e. The highest BCUT2D eigenvalue weighted by Crippen LogP contribution is 2.33. The monoisotopic (exact) mass is 282 g/mol. The Balaban J connectivity index is 2.35. The summed E-state index contributed by atoms with van der Waals surface area (Å²) in [7, 11) is -2.89. The Labute approximate surface area is 115 Å². The predicted molar refractivity (Wildman–Crippen MR) is 77.5 cm³/mol. The standard InChI is InChI=1S/C14H22N2O2S/c1-9-6-11(3)13(7-10(9)2)14(16-15)12-4-5-19(17,18)8-12/h6-7,12,14,16H,4-5,8,15H2,1-3H3. The van der Waals surface area contributed by atoms with Crippen molar-refractivity contribution in [1.82, 2.24) is 5.43 Å². The number of hydrogen-bond donors (Lipinski definition) is 2. The maximum absolute atomic E-state index is 11.6. The Hall–Kier alpha value is -0.910. The van der Waals surface area contributed by atoms with E-state index in [9.17, 15) is 8.42 Å². The molecule has 0 spiro atoms. The average molecular weight is 282 g/mol. The van der Waals surface area contributed by atoms with Crippen molar-refractivity contribution in [3.63, 3.8) is 0 Å². The Bertz CT molecular complexity index is 581. The fourth-order valence-electron chi connectivity index (χ4n) is 2.88. The number of aryl methyl sites for hydroxylation is 3. The van der Waals surface area contributed by atoms with Crippen LogP contribution in [0.25, 0.3) is 0 Å². The van der Waals surface area contributed by atoms with Gasteiger partial charge < -0.3 is 0 Å². The molecule has 2 unspecified atom stereocenters. The summed E-state index contributed by atoms with van der Waals surface area (Å²) in [4.78, 5) is 0. The maximum atomic E-state index is 11.6. The molecule has 0 radical (unpaired) electrons. The summed E-state index contributed by atoms with van der Waals surface area (Å²) in [5.41, 5.74) is 7.56. The van der Waals surface area contributed by atoms with Gasteiger partial charge >= 0.3 is 0 Å². The molecule has 5 heteroatoms. The quantitative estimate of drug-likeness (QED) is 0.652. The van der Waals surface area contributed by atoms with E-state index in [4.69, 9.17) is 5.84 Å². The summed E-state index contributed by atoms with van der Waals surface area (Å²) in [5.74, 6) is 6.26. The second kappa shape index (κ2) is 5.23. The number of sulfone groups is 1. The topological polar surface area (TPSA) is 72.2 Å². The molecule has 19 heavy (non-hydrogen) atoms. The molecule has 1 aromatic rings. The van der Waals surface area contributed by atoms with Gasteiger partial charge in [0.15, 0.2) is 9.84 Å². The highest BCUT2D eigenvalue weighted by atomic mass is 32.2. The lowest BCUT2D eigenvalue weighted by atomic mass is 9.88. The van der Waals surface area contributed by atoms with Crippen LogP contribution in [0.4, 0.5) is 0 Å². The van der Waals surface area contributed by atoms with E-state index >= 15 is 0 Å². The molecule has 0 amide bonds. The lowest BCUT2D eigenvalue weighted by Gasteiger charge is -2.24. The summed E-state index contributed by atoms with van der Waals surface area (Å²) in [6.45, 7) is 6.20. The number of benzene rings is 1. The minimum absolute atomic E-state index is 0.0656. The Morgan fingerprint density at radius 3 is 2.37 bits per heavy atom. The fourth-order valence-corrected chi connectivity index (χ4v) is 4.72. The van der Waals surface area contributed by atoms with E-state index in [0.29, 0.717) is 6.42 Å². The van der Waals surface area contributed by atoms with Crippen molar-refractivity contribution in [2.75, 3.05) is 11.5 Å². The molecular formula is C14H22N2O2S. The van der Waals surface area contributed by atoms with E-state index in [1.165, 1.54) is 11.1 Å². The summed E-state index contributed by atoms with van der Waals surface area (Å²) >= 11 is 0. The van der Waals surface area contributed by atoms with Crippen LogP contribution >= 0.6 is 0 Å². The molecule has 3 N–H and O–H groups in total. The van der Waals surface area contributed by atoms with Crippen LogP contribution < -0.4 is 11.3 Å². The summed E-state index contributed by atoms with van der Waals surface area (Å²) < 4.78 is 23.3. The van der Waals surface area contributed by atoms with Gasteiger partial charge in [0.1, 0.15) is 0 Å². The molecule has 2 atom stereocenters. The van der Waals surface area contributed by atoms with E-state index in [2.05, 4.69) is 38.3 Å². The Morgan fingerprint density at radius 2 is 1.84 bits per heavy atom. The lowest BCUT2D eigenvalue weighted by molar-refractivity contribution is 0.398. The van der Waals surface area contributed by atoms with Crippen molar-refractivity contribution in [2.24, 2.45) is 11.8 Å². The molecule has 106 valence electrons. The number of nitrogens with two attached hydrogens (primary N) is 1. The van der Waals surface area contributed by atoms with Crippen LogP contribution in [0.2, 0.25) is 0 Å². The van der Waals surface area contributed by atoms with E-state index in [0.717, 1.165) is 11.1 Å². The first kappa shape index (κ1) is 14.5. The SMILES string of the molecule is Cc1cc(C)c(C(NN)C2CCS(=O)(=O)C2)cc1C. The molecule has 1 saturated heterocycles. The molecule has 0 aliphatic carbocycles. The molecule has 4 nitrogen and oxygen atoms in total. The molecule has 1 fully saturated rings. The van der Waals surface area contributed by atoms with Crippen LogP contribution in [0, 0.1) is 26.7 Å². The predicted octanol–water partition coefficient (Wildman–Crippen LogP) is 1.55. The number of rotatable bonds is 3. The van der Waals surface area contributed by atoms with Gasteiger partial charge in [-0.1, -0.05) is 12.1 Å². The van der Waals surface area contributed by atoms with Crippen molar-refractivity contribution < 1.29 is 8.42 Å². The molecule has 1 aliphatic rings. The van der Waals surface area contributed by atoms with Gasteiger partial charge in [-0.2, -0.15) is 0 Å². The van der Waals surface area contributed by atoms with Crippen LogP contribution in [-0.2, 0) is 9.84 Å². The zero-order chi connectivity index (χ0) is 14.2. The average Bonchev–Trinajstić information content (AvgIpc) is 2.67. The Morgan fingerprint density at radius 1 is 1.21 bits per heavy atom. The molecule has 2 rings (SSSR count). The van der Waals surface area contributed by atoms with Crippen LogP contribution in [-0.4, -0.2) is 19.9 Å². The maximum Gasteiger partial charge on any atom is 0.150 e. The molecular weight excluding hydrogens is 260 g/mol. The van der Waals surface area contributed by atoms with E-state index in [1.807, 2.05) is 0 Å². The first-order valence-electron chi connectivity index (χ1n) is 6.58. The second-order valence-corrected chi connectivity index (χ2v) is 7.83. The van der Waals surface area contributed by atoms with Gasteiger partial charge in [-0.15, -0.1) is 0 Å². The van der Waals surface area contributed by atoms with Crippen molar-refractivity contribution in [1.29, 1.82) is 0 Å². The van der Waals surface area contributed by atoms with E-state index in [1.54, 1.807) is 0 Å². The molecule has 1 aliphatic heterocycles. The number of hydrazine groups is 1. The van der Waals surface area contributed by atoms with Crippen LogP contribution in [0.15, 0.2) is 12.1 Å². The highest BCUT2D eigenvalue weighted by Gasteiger charge is 2.34. The minimum atomic E-state index is -2.89. The van der Waals surface area contributed by atoms with Gasteiger partial charge in [0, 0.05) is 0 Å². The first-order chi connectivity index (χ1) is 8.84. The van der Waals surface area contributed by atoms with Crippen molar-refractivity contribution >= 4 is 9.84 Å². The normalized spacial score (nSPS) is 23.5. The third kappa shape index (κ3) is 2.99. The smallest absolute Gasteiger partial charge is 0.150 e. The molecule has 0 saturated carbocycles.